The minimum atomic E-state index is -1.86. The number of hydrogen-bond acceptors (Lipinski definition) is 2. The fourth-order valence-corrected chi connectivity index (χ4v) is 2.81. The number of nitrogens with zero attached hydrogens (tertiary/aromatic N) is 1. The van der Waals surface area contributed by atoms with Crippen LogP contribution in [0.25, 0.3) is 0 Å². The zero-order chi connectivity index (χ0) is 14.0. The highest BCUT2D eigenvalue weighted by Gasteiger charge is 2.25. The van der Waals surface area contributed by atoms with Gasteiger partial charge < -0.3 is 9.76 Å². The first kappa shape index (κ1) is 14.0. The molecule has 0 N–H and O–H groups in total. The van der Waals surface area contributed by atoms with Gasteiger partial charge in [-0.2, -0.15) is 0 Å². The average molecular weight is 304 g/mol. The molecule has 0 bridgehead atoms. The Morgan fingerprint density at radius 2 is 1.79 bits per heavy atom. The summed E-state index contributed by atoms with van der Waals surface area (Å²) in [4.78, 5) is 0. The van der Waals surface area contributed by atoms with Gasteiger partial charge in [0.05, 0.1) is 22.8 Å². The van der Waals surface area contributed by atoms with E-state index in [1.807, 2.05) is 0 Å². The molecule has 1 aromatic carbocycles. The Bertz CT molecular complexity index is 592. The highest BCUT2D eigenvalue weighted by atomic mass is 35.5. The predicted molar refractivity (Wildman–Crippen MR) is 66.9 cm³/mol. The van der Waals surface area contributed by atoms with E-state index in [2.05, 4.69) is 0 Å². The lowest BCUT2D eigenvalue weighted by Crippen LogP contribution is -2.34. The standard InChI is InChI=1S/C12H8ClF2NO2S/c13-8-4-5-12(16(17)6-8)19(18)7-9-10(14)2-1-3-11(9)15/h1-6H,7H2. The Morgan fingerprint density at radius 3 is 2.37 bits per heavy atom. The van der Waals surface area contributed by atoms with Gasteiger partial charge in [0.15, 0.2) is 0 Å². The normalized spacial score (nSPS) is 12.4. The van der Waals surface area contributed by atoms with E-state index in [9.17, 15) is 18.5 Å². The molecule has 2 aromatic rings. The van der Waals surface area contributed by atoms with Crippen LogP contribution in [0.3, 0.4) is 0 Å². The average Bonchev–Trinajstić information content (AvgIpc) is 2.33. The molecule has 19 heavy (non-hydrogen) atoms. The summed E-state index contributed by atoms with van der Waals surface area (Å²) < 4.78 is 39.1. The van der Waals surface area contributed by atoms with Crippen molar-refractivity contribution in [2.45, 2.75) is 10.8 Å². The third-order valence-corrected chi connectivity index (χ3v) is 3.97. The molecule has 1 aromatic heterocycles. The number of pyridine rings is 1. The highest BCUT2D eigenvalue weighted by molar-refractivity contribution is 7.90. The first-order valence-electron chi connectivity index (χ1n) is 5.19. The van der Waals surface area contributed by atoms with Crippen LogP contribution in [0.15, 0.2) is 41.6 Å². The monoisotopic (exact) mass is 303 g/mol. The molecule has 1 atom stereocenters. The maximum atomic E-state index is 13.4. The van der Waals surface area contributed by atoms with Crippen molar-refractivity contribution in [3.63, 3.8) is 0 Å². The van der Waals surface area contributed by atoms with Crippen LogP contribution in [0.5, 0.6) is 0 Å². The van der Waals surface area contributed by atoms with Crippen molar-refractivity contribution in [2.24, 2.45) is 0 Å². The Hall–Kier alpha value is -1.37. The van der Waals surface area contributed by atoms with E-state index >= 15 is 0 Å². The number of halogens is 3. The van der Waals surface area contributed by atoms with Crippen molar-refractivity contribution in [2.75, 3.05) is 0 Å². The van der Waals surface area contributed by atoms with Crippen molar-refractivity contribution < 1.29 is 18.1 Å². The SMILES string of the molecule is [O-][n+]1cc(Cl)ccc1[S+]([O-])Cc1c(F)cccc1F. The molecular weight excluding hydrogens is 296 g/mol. The van der Waals surface area contributed by atoms with Crippen LogP contribution in [-0.2, 0) is 16.9 Å². The van der Waals surface area contributed by atoms with Gasteiger partial charge >= 0.3 is 5.03 Å². The fourth-order valence-electron chi connectivity index (χ4n) is 1.49. The number of aromatic nitrogens is 1. The van der Waals surface area contributed by atoms with Crippen LogP contribution in [0.1, 0.15) is 5.56 Å². The second-order valence-corrected chi connectivity index (χ2v) is 5.54. The Kier molecular flexibility index (Phi) is 4.24. The molecule has 0 aliphatic rings. The van der Waals surface area contributed by atoms with E-state index in [-0.39, 0.29) is 15.6 Å². The van der Waals surface area contributed by atoms with Gasteiger partial charge in [-0.1, -0.05) is 17.7 Å². The largest absolute Gasteiger partial charge is 0.615 e. The molecule has 0 aliphatic carbocycles. The summed E-state index contributed by atoms with van der Waals surface area (Å²) in [5, 5.41) is 11.6. The molecule has 7 heteroatoms. The van der Waals surface area contributed by atoms with Gasteiger partial charge in [0, 0.05) is 0 Å². The minimum absolute atomic E-state index is 0.105. The lowest BCUT2D eigenvalue weighted by atomic mass is 10.2. The number of benzene rings is 1. The molecule has 0 spiro atoms. The van der Waals surface area contributed by atoms with Crippen molar-refractivity contribution in [1.29, 1.82) is 0 Å². The van der Waals surface area contributed by atoms with Crippen molar-refractivity contribution in [3.05, 3.63) is 64.0 Å². The van der Waals surface area contributed by atoms with Gasteiger partial charge in [-0.25, -0.2) is 8.78 Å². The minimum Gasteiger partial charge on any atom is -0.615 e. The van der Waals surface area contributed by atoms with Crippen LogP contribution in [0, 0.1) is 16.8 Å². The summed E-state index contributed by atoms with van der Waals surface area (Å²) in [7, 11) is 0. The van der Waals surface area contributed by atoms with E-state index < -0.39 is 28.6 Å². The Morgan fingerprint density at radius 1 is 1.16 bits per heavy atom. The van der Waals surface area contributed by atoms with E-state index in [4.69, 9.17) is 11.6 Å². The van der Waals surface area contributed by atoms with Crippen molar-refractivity contribution >= 4 is 22.8 Å². The third-order valence-electron chi connectivity index (χ3n) is 2.41. The molecule has 0 saturated carbocycles. The molecule has 0 amide bonds. The molecule has 0 fully saturated rings. The van der Waals surface area contributed by atoms with Crippen LogP contribution in [0.2, 0.25) is 5.02 Å². The number of rotatable bonds is 3. The van der Waals surface area contributed by atoms with E-state index in [1.165, 1.54) is 18.2 Å². The van der Waals surface area contributed by atoms with Gasteiger partial charge in [-0.15, -0.1) is 4.73 Å². The summed E-state index contributed by atoms with van der Waals surface area (Å²) in [6, 6.07) is 6.02. The van der Waals surface area contributed by atoms with Crippen molar-refractivity contribution in [1.82, 2.24) is 0 Å². The second-order valence-electron chi connectivity index (χ2n) is 3.70. The molecule has 0 aliphatic heterocycles. The lowest BCUT2D eigenvalue weighted by Gasteiger charge is -2.10. The molecule has 0 radical (unpaired) electrons. The maximum Gasteiger partial charge on any atom is 0.393 e. The van der Waals surface area contributed by atoms with Gasteiger partial charge in [0.1, 0.15) is 22.4 Å². The van der Waals surface area contributed by atoms with Gasteiger partial charge in [0.2, 0.25) is 6.20 Å². The summed E-state index contributed by atoms with van der Waals surface area (Å²) >= 11 is 3.73. The topological polar surface area (TPSA) is 50.0 Å². The second kappa shape index (κ2) is 5.73. The summed E-state index contributed by atoms with van der Waals surface area (Å²) in [5.74, 6) is -2.00. The first-order chi connectivity index (χ1) is 8.99. The highest BCUT2D eigenvalue weighted by Crippen LogP contribution is 2.19. The lowest BCUT2D eigenvalue weighted by molar-refractivity contribution is -0.646. The van der Waals surface area contributed by atoms with Crippen molar-refractivity contribution in [3.8, 4) is 0 Å². The summed E-state index contributed by atoms with van der Waals surface area (Å²) in [6.45, 7) is 0. The summed E-state index contributed by atoms with van der Waals surface area (Å²) in [6.07, 6.45) is 1.03. The zero-order valence-electron chi connectivity index (χ0n) is 9.48. The van der Waals surface area contributed by atoms with E-state index in [0.29, 0.717) is 4.73 Å². The van der Waals surface area contributed by atoms with Gasteiger partial charge in [-0.05, 0) is 18.2 Å². The van der Waals surface area contributed by atoms with Gasteiger partial charge in [0.25, 0.3) is 0 Å². The molecule has 1 heterocycles. The Labute approximate surface area is 116 Å². The smallest absolute Gasteiger partial charge is 0.393 e. The maximum absolute atomic E-state index is 13.4. The summed E-state index contributed by atoms with van der Waals surface area (Å²) in [5.41, 5.74) is -0.309. The first-order valence-corrected chi connectivity index (χ1v) is 6.88. The molecule has 3 nitrogen and oxygen atoms in total. The molecule has 1 unspecified atom stereocenters. The van der Waals surface area contributed by atoms with Gasteiger partial charge in [-0.3, -0.25) is 0 Å². The third kappa shape index (κ3) is 3.15. The van der Waals surface area contributed by atoms with E-state index in [1.54, 1.807) is 0 Å². The number of hydrogen-bond donors (Lipinski definition) is 0. The van der Waals surface area contributed by atoms with Crippen LogP contribution in [0.4, 0.5) is 8.78 Å². The molecule has 100 valence electrons. The predicted octanol–water partition coefficient (Wildman–Crippen LogP) is 2.56. The van der Waals surface area contributed by atoms with Crippen LogP contribution < -0.4 is 4.73 Å². The van der Waals surface area contributed by atoms with E-state index in [0.717, 1.165) is 18.3 Å². The fraction of sp³-hybridized carbons (Fsp3) is 0.0833. The zero-order valence-corrected chi connectivity index (χ0v) is 11.0. The quantitative estimate of drug-likeness (QED) is 0.497. The van der Waals surface area contributed by atoms with Crippen LogP contribution >= 0.6 is 11.6 Å². The molecule has 2 rings (SSSR count). The molecular formula is C12H8ClF2NO2S. The Balaban J connectivity index is 2.28. The molecule has 0 saturated heterocycles. The van der Waals surface area contributed by atoms with Crippen LogP contribution in [-0.4, -0.2) is 4.55 Å².